The van der Waals surface area contributed by atoms with Crippen LogP contribution in [0.15, 0.2) is 11.2 Å². The van der Waals surface area contributed by atoms with E-state index in [0.29, 0.717) is 12.0 Å². The molecular weight excluding hydrogens is 264 g/mol. The Morgan fingerprint density at radius 3 is 2.67 bits per heavy atom. The van der Waals surface area contributed by atoms with Crippen molar-refractivity contribution in [3.63, 3.8) is 0 Å². The van der Waals surface area contributed by atoms with Gasteiger partial charge in [0.1, 0.15) is 5.82 Å². The number of oxime groups is 1. The number of nitrogens with two attached hydrogens (primary N) is 1. The van der Waals surface area contributed by atoms with E-state index in [1.165, 1.54) is 12.8 Å². The summed E-state index contributed by atoms with van der Waals surface area (Å²) in [6.45, 7) is 9.39. The minimum Gasteiger partial charge on any atom is -0.409 e. The first-order valence-corrected chi connectivity index (χ1v) is 7.66. The number of aromatic nitrogens is 1. The van der Waals surface area contributed by atoms with Gasteiger partial charge in [-0.2, -0.15) is 0 Å². The summed E-state index contributed by atoms with van der Waals surface area (Å²) in [4.78, 5) is 7.04. The standard InChI is InChI=1S/C16H26N4O/c1-10(2)7-8-20(13-5-6-13)16-14(15(17)19-21)11(3)9-12(4)18-16/h9-10,13,21H,5-8H2,1-4H3,(H2,17,19). The lowest BCUT2D eigenvalue weighted by Crippen LogP contribution is -2.32. The minimum atomic E-state index is 0.144. The molecule has 0 aromatic carbocycles. The van der Waals surface area contributed by atoms with Crippen LogP contribution in [0.4, 0.5) is 5.82 Å². The van der Waals surface area contributed by atoms with Crippen LogP contribution < -0.4 is 10.6 Å². The van der Waals surface area contributed by atoms with Crippen molar-refractivity contribution in [3.8, 4) is 0 Å². The van der Waals surface area contributed by atoms with Gasteiger partial charge in [-0.15, -0.1) is 0 Å². The van der Waals surface area contributed by atoms with Crippen LogP contribution in [0.5, 0.6) is 0 Å². The summed E-state index contributed by atoms with van der Waals surface area (Å²) in [5, 5.41) is 12.3. The van der Waals surface area contributed by atoms with Crippen LogP contribution >= 0.6 is 0 Å². The van der Waals surface area contributed by atoms with E-state index < -0.39 is 0 Å². The summed E-state index contributed by atoms with van der Waals surface area (Å²) >= 11 is 0. The first kappa shape index (κ1) is 15.6. The highest BCUT2D eigenvalue weighted by molar-refractivity contribution is 6.02. The number of anilines is 1. The van der Waals surface area contributed by atoms with Gasteiger partial charge < -0.3 is 15.8 Å². The maximum Gasteiger partial charge on any atom is 0.174 e. The SMILES string of the molecule is Cc1cc(C)c(/C(N)=N/O)c(N(CCC(C)C)C2CC2)n1. The second-order valence-electron chi connectivity index (χ2n) is 6.37. The molecule has 1 aromatic heterocycles. The number of amidine groups is 1. The molecule has 0 atom stereocenters. The first-order valence-electron chi connectivity index (χ1n) is 7.66. The fourth-order valence-electron chi connectivity index (χ4n) is 2.64. The highest BCUT2D eigenvalue weighted by atomic mass is 16.4. The number of hydrogen-bond donors (Lipinski definition) is 2. The van der Waals surface area contributed by atoms with Gasteiger partial charge >= 0.3 is 0 Å². The molecule has 1 aliphatic rings. The Morgan fingerprint density at radius 2 is 2.14 bits per heavy atom. The van der Waals surface area contributed by atoms with Crippen molar-refractivity contribution in [1.29, 1.82) is 0 Å². The second-order valence-corrected chi connectivity index (χ2v) is 6.37. The van der Waals surface area contributed by atoms with Crippen molar-refractivity contribution in [2.75, 3.05) is 11.4 Å². The van der Waals surface area contributed by atoms with Gasteiger partial charge in [-0.3, -0.25) is 0 Å². The van der Waals surface area contributed by atoms with E-state index in [2.05, 4.69) is 23.9 Å². The number of hydrogen-bond acceptors (Lipinski definition) is 4. The minimum absolute atomic E-state index is 0.144. The summed E-state index contributed by atoms with van der Waals surface area (Å²) in [5.41, 5.74) is 8.62. The Bertz CT molecular complexity index is 535. The topological polar surface area (TPSA) is 74.7 Å². The zero-order valence-electron chi connectivity index (χ0n) is 13.4. The van der Waals surface area contributed by atoms with Crippen LogP contribution in [0.2, 0.25) is 0 Å². The van der Waals surface area contributed by atoms with Crippen molar-refractivity contribution in [2.45, 2.75) is 53.0 Å². The third-order valence-corrected chi connectivity index (χ3v) is 3.90. The average Bonchev–Trinajstić information content (AvgIpc) is 3.22. The smallest absolute Gasteiger partial charge is 0.174 e. The predicted molar refractivity (Wildman–Crippen MR) is 86.0 cm³/mol. The lowest BCUT2D eigenvalue weighted by Gasteiger charge is -2.27. The van der Waals surface area contributed by atoms with Crippen molar-refractivity contribution < 1.29 is 5.21 Å². The van der Waals surface area contributed by atoms with Crippen LogP contribution in [0.25, 0.3) is 0 Å². The number of rotatable bonds is 6. The normalized spacial score (nSPS) is 15.6. The third-order valence-electron chi connectivity index (χ3n) is 3.90. The van der Waals surface area contributed by atoms with Gasteiger partial charge in [0.25, 0.3) is 0 Å². The Hall–Kier alpha value is -1.78. The summed E-state index contributed by atoms with van der Waals surface area (Å²) in [6, 6.07) is 2.52. The zero-order chi connectivity index (χ0) is 15.6. The van der Waals surface area contributed by atoms with E-state index in [0.717, 1.165) is 35.6 Å². The monoisotopic (exact) mass is 290 g/mol. The fraction of sp³-hybridized carbons (Fsp3) is 0.625. The van der Waals surface area contributed by atoms with E-state index in [-0.39, 0.29) is 5.84 Å². The second kappa shape index (κ2) is 6.33. The molecule has 21 heavy (non-hydrogen) atoms. The van der Waals surface area contributed by atoms with Crippen LogP contribution in [0.1, 0.15) is 49.9 Å². The number of pyridine rings is 1. The zero-order valence-corrected chi connectivity index (χ0v) is 13.4. The Morgan fingerprint density at radius 1 is 1.48 bits per heavy atom. The van der Waals surface area contributed by atoms with Crippen LogP contribution in [-0.2, 0) is 0 Å². The maximum atomic E-state index is 9.08. The van der Waals surface area contributed by atoms with E-state index in [1.807, 2.05) is 19.9 Å². The molecule has 0 unspecified atom stereocenters. The summed E-state index contributed by atoms with van der Waals surface area (Å²) in [7, 11) is 0. The molecule has 0 aliphatic heterocycles. The first-order chi connectivity index (χ1) is 9.93. The molecule has 5 nitrogen and oxygen atoms in total. The average molecular weight is 290 g/mol. The molecule has 1 saturated carbocycles. The molecule has 0 amide bonds. The molecule has 2 rings (SSSR count). The van der Waals surface area contributed by atoms with Gasteiger partial charge in [-0.05, 0) is 50.7 Å². The summed E-state index contributed by atoms with van der Waals surface area (Å²) in [6.07, 6.45) is 3.51. The van der Waals surface area contributed by atoms with E-state index in [4.69, 9.17) is 15.9 Å². The van der Waals surface area contributed by atoms with Gasteiger partial charge in [-0.1, -0.05) is 19.0 Å². The molecular formula is C16H26N4O. The van der Waals surface area contributed by atoms with E-state index >= 15 is 0 Å². The number of nitrogens with zero attached hydrogens (tertiary/aromatic N) is 3. The van der Waals surface area contributed by atoms with Crippen molar-refractivity contribution in [2.24, 2.45) is 16.8 Å². The molecule has 1 fully saturated rings. The van der Waals surface area contributed by atoms with Crippen molar-refractivity contribution in [3.05, 3.63) is 22.9 Å². The predicted octanol–water partition coefficient (Wildman–Crippen LogP) is 2.81. The molecule has 1 heterocycles. The Labute approximate surface area is 126 Å². The number of aryl methyl sites for hydroxylation is 2. The molecule has 0 saturated heterocycles. The van der Waals surface area contributed by atoms with Crippen molar-refractivity contribution in [1.82, 2.24) is 4.98 Å². The van der Waals surface area contributed by atoms with Gasteiger partial charge in [0.15, 0.2) is 5.84 Å². The molecule has 0 bridgehead atoms. The van der Waals surface area contributed by atoms with E-state index in [9.17, 15) is 0 Å². The van der Waals surface area contributed by atoms with Gasteiger partial charge in [0, 0.05) is 18.3 Å². The fourth-order valence-corrected chi connectivity index (χ4v) is 2.64. The van der Waals surface area contributed by atoms with Gasteiger partial charge in [0.2, 0.25) is 0 Å². The molecule has 3 N–H and O–H groups in total. The quantitative estimate of drug-likeness (QED) is 0.365. The van der Waals surface area contributed by atoms with Crippen LogP contribution in [-0.4, -0.2) is 28.6 Å². The van der Waals surface area contributed by atoms with E-state index in [1.54, 1.807) is 0 Å². The molecule has 1 aromatic rings. The molecule has 0 radical (unpaired) electrons. The highest BCUT2D eigenvalue weighted by Crippen LogP contribution is 2.34. The maximum absolute atomic E-state index is 9.08. The third kappa shape index (κ3) is 3.65. The highest BCUT2D eigenvalue weighted by Gasteiger charge is 2.32. The Balaban J connectivity index is 2.43. The Kier molecular flexibility index (Phi) is 4.70. The molecule has 1 aliphatic carbocycles. The molecule has 116 valence electrons. The largest absolute Gasteiger partial charge is 0.409 e. The van der Waals surface area contributed by atoms with Crippen LogP contribution in [0, 0.1) is 19.8 Å². The van der Waals surface area contributed by atoms with Crippen LogP contribution in [0.3, 0.4) is 0 Å². The summed E-state index contributed by atoms with van der Waals surface area (Å²) < 4.78 is 0. The molecule has 0 spiro atoms. The van der Waals surface area contributed by atoms with Gasteiger partial charge in [-0.25, -0.2) is 4.98 Å². The van der Waals surface area contributed by atoms with Crippen molar-refractivity contribution >= 4 is 11.7 Å². The van der Waals surface area contributed by atoms with Gasteiger partial charge in [0.05, 0.1) is 5.56 Å². The molecule has 5 heteroatoms. The lowest BCUT2D eigenvalue weighted by atomic mass is 10.1. The lowest BCUT2D eigenvalue weighted by molar-refractivity contribution is 0.318. The summed E-state index contributed by atoms with van der Waals surface area (Å²) in [5.74, 6) is 1.65.